The standard InChI is InChI=1S/C12H18N2O4S/c1-9(2)6-7-13-11-5-4-10(19(3,17)18)8-12(11)14(15)16/h4-5,8-9,13H,6-7H2,1-3H3. The first-order valence-corrected chi connectivity index (χ1v) is 7.83. The maximum atomic E-state index is 11.4. The number of hydrogen-bond donors (Lipinski definition) is 1. The maximum absolute atomic E-state index is 11.4. The molecule has 0 aromatic heterocycles. The first kappa shape index (κ1) is 15.4. The van der Waals surface area contributed by atoms with Crippen molar-refractivity contribution in [3.8, 4) is 0 Å². The van der Waals surface area contributed by atoms with Gasteiger partial charge in [0.25, 0.3) is 5.69 Å². The molecule has 0 saturated carbocycles. The highest BCUT2D eigenvalue weighted by atomic mass is 32.2. The second-order valence-corrected chi connectivity index (χ2v) is 6.83. The average Bonchev–Trinajstić information content (AvgIpc) is 2.27. The summed E-state index contributed by atoms with van der Waals surface area (Å²) in [6, 6.07) is 3.90. The molecule has 0 fully saturated rings. The summed E-state index contributed by atoms with van der Waals surface area (Å²) in [5.74, 6) is 0.488. The number of nitrogens with one attached hydrogen (secondary N) is 1. The summed E-state index contributed by atoms with van der Waals surface area (Å²) in [6.45, 7) is 4.72. The Morgan fingerprint density at radius 1 is 1.37 bits per heavy atom. The zero-order valence-corrected chi connectivity index (χ0v) is 12.0. The van der Waals surface area contributed by atoms with Crippen LogP contribution in [-0.2, 0) is 9.84 Å². The highest BCUT2D eigenvalue weighted by Gasteiger charge is 2.18. The molecule has 1 aromatic rings. The van der Waals surface area contributed by atoms with Gasteiger partial charge in [-0.3, -0.25) is 10.1 Å². The van der Waals surface area contributed by atoms with Crippen LogP contribution in [-0.4, -0.2) is 26.1 Å². The number of nitrogens with zero attached hydrogens (tertiary/aromatic N) is 1. The second-order valence-electron chi connectivity index (χ2n) is 4.82. The van der Waals surface area contributed by atoms with Crippen molar-refractivity contribution in [3.05, 3.63) is 28.3 Å². The SMILES string of the molecule is CC(C)CCNc1ccc(S(C)(=O)=O)cc1[N+](=O)[O-]. The lowest BCUT2D eigenvalue weighted by Crippen LogP contribution is -2.07. The smallest absolute Gasteiger partial charge is 0.293 e. The van der Waals surface area contributed by atoms with Crippen molar-refractivity contribution in [2.75, 3.05) is 18.1 Å². The van der Waals surface area contributed by atoms with Gasteiger partial charge in [0.2, 0.25) is 0 Å². The van der Waals surface area contributed by atoms with E-state index in [1.54, 1.807) is 0 Å². The fourth-order valence-electron chi connectivity index (χ4n) is 1.54. The van der Waals surface area contributed by atoms with Gasteiger partial charge in [0.15, 0.2) is 9.84 Å². The molecule has 19 heavy (non-hydrogen) atoms. The normalized spacial score (nSPS) is 11.6. The first-order valence-electron chi connectivity index (χ1n) is 5.94. The van der Waals surface area contributed by atoms with E-state index in [9.17, 15) is 18.5 Å². The monoisotopic (exact) mass is 286 g/mol. The molecule has 7 heteroatoms. The second kappa shape index (κ2) is 6.01. The Labute approximate surface area is 112 Å². The predicted molar refractivity (Wildman–Crippen MR) is 74.2 cm³/mol. The topological polar surface area (TPSA) is 89.3 Å². The lowest BCUT2D eigenvalue weighted by Gasteiger charge is -2.09. The van der Waals surface area contributed by atoms with E-state index >= 15 is 0 Å². The van der Waals surface area contributed by atoms with Gasteiger partial charge in [-0.25, -0.2) is 8.42 Å². The van der Waals surface area contributed by atoms with E-state index in [4.69, 9.17) is 0 Å². The molecule has 0 saturated heterocycles. The van der Waals surface area contributed by atoms with Gasteiger partial charge in [0.1, 0.15) is 5.69 Å². The minimum absolute atomic E-state index is 0.0476. The Bertz CT molecular complexity index is 567. The van der Waals surface area contributed by atoms with Crippen LogP contribution in [0.1, 0.15) is 20.3 Å². The van der Waals surface area contributed by atoms with Crippen LogP contribution in [0.15, 0.2) is 23.1 Å². The van der Waals surface area contributed by atoms with Crippen LogP contribution in [0.5, 0.6) is 0 Å². The highest BCUT2D eigenvalue weighted by molar-refractivity contribution is 7.90. The van der Waals surface area contributed by atoms with E-state index in [0.717, 1.165) is 18.7 Å². The maximum Gasteiger partial charge on any atom is 0.293 e. The summed E-state index contributed by atoms with van der Waals surface area (Å²) in [6.07, 6.45) is 1.91. The summed E-state index contributed by atoms with van der Waals surface area (Å²) in [4.78, 5) is 10.3. The lowest BCUT2D eigenvalue weighted by atomic mass is 10.1. The number of sulfone groups is 1. The zero-order chi connectivity index (χ0) is 14.6. The van der Waals surface area contributed by atoms with Crippen molar-refractivity contribution >= 4 is 21.2 Å². The van der Waals surface area contributed by atoms with E-state index < -0.39 is 14.8 Å². The van der Waals surface area contributed by atoms with Gasteiger partial charge in [0, 0.05) is 18.9 Å². The number of nitro benzene ring substituents is 1. The van der Waals surface area contributed by atoms with E-state index in [-0.39, 0.29) is 10.6 Å². The van der Waals surface area contributed by atoms with E-state index in [0.29, 0.717) is 18.2 Å². The van der Waals surface area contributed by atoms with Gasteiger partial charge < -0.3 is 5.32 Å². The van der Waals surface area contributed by atoms with Crippen molar-refractivity contribution in [2.45, 2.75) is 25.2 Å². The van der Waals surface area contributed by atoms with Crippen molar-refractivity contribution in [1.82, 2.24) is 0 Å². The van der Waals surface area contributed by atoms with Crippen LogP contribution in [0.2, 0.25) is 0 Å². The van der Waals surface area contributed by atoms with Crippen molar-refractivity contribution in [1.29, 1.82) is 0 Å². The molecule has 0 atom stereocenters. The summed E-state index contributed by atoms with van der Waals surface area (Å²) in [5, 5.41) is 13.9. The molecule has 0 aliphatic rings. The molecule has 1 aromatic carbocycles. The molecule has 0 aliphatic carbocycles. The van der Waals surface area contributed by atoms with Gasteiger partial charge in [-0.2, -0.15) is 0 Å². The number of rotatable bonds is 6. The summed E-state index contributed by atoms with van der Waals surface area (Å²) in [7, 11) is -3.44. The fraction of sp³-hybridized carbons (Fsp3) is 0.500. The third-order valence-electron chi connectivity index (χ3n) is 2.63. The van der Waals surface area contributed by atoms with Gasteiger partial charge in [-0.05, 0) is 24.5 Å². The molecule has 0 spiro atoms. The quantitative estimate of drug-likeness (QED) is 0.641. The number of benzene rings is 1. The molecule has 0 unspecified atom stereocenters. The van der Waals surface area contributed by atoms with Gasteiger partial charge >= 0.3 is 0 Å². The Morgan fingerprint density at radius 2 is 2.00 bits per heavy atom. The van der Waals surface area contributed by atoms with Crippen molar-refractivity contribution in [2.24, 2.45) is 5.92 Å². The molecule has 1 N–H and O–H groups in total. The third kappa shape index (κ3) is 4.51. The lowest BCUT2D eigenvalue weighted by molar-refractivity contribution is -0.384. The molecular formula is C12H18N2O4S. The first-order chi connectivity index (χ1) is 8.71. The number of anilines is 1. The van der Waals surface area contributed by atoms with Gasteiger partial charge in [0.05, 0.1) is 9.82 Å². The average molecular weight is 286 g/mol. The van der Waals surface area contributed by atoms with Crippen LogP contribution in [0.25, 0.3) is 0 Å². The van der Waals surface area contributed by atoms with Gasteiger partial charge in [-0.1, -0.05) is 13.8 Å². The Hall–Kier alpha value is -1.63. The minimum atomic E-state index is -3.44. The number of nitro groups is 1. The highest BCUT2D eigenvalue weighted by Crippen LogP contribution is 2.27. The third-order valence-corrected chi connectivity index (χ3v) is 3.74. The largest absolute Gasteiger partial charge is 0.379 e. The van der Waals surface area contributed by atoms with E-state index in [1.165, 1.54) is 12.1 Å². The Morgan fingerprint density at radius 3 is 2.47 bits per heavy atom. The molecule has 106 valence electrons. The summed E-state index contributed by atoms with van der Waals surface area (Å²) in [5.41, 5.74) is 0.129. The van der Waals surface area contributed by atoms with Crippen LogP contribution in [0.4, 0.5) is 11.4 Å². The molecule has 0 aliphatic heterocycles. The molecule has 0 amide bonds. The molecule has 1 rings (SSSR count). The molecule has 0 heterocycles. The molecule has 0 radical (unpaired) electrons. The Kier molecular flexibility index (Phi) is 4.88. The predicted octanol–water partition coefficient (Wildman–Crippen LogP) is 2.46. The van der Waals surface area contributed by atoms with Crippen LogP contribution in [0.3, 0.4) is 0 Å². The van der Waals surface area contributed by atoms with Crippen LogP contribution < -0.4 is 5.32 Å². The number of hydrogen-bond acceptors (Lipinski definition) is 5. The Balaban J connectivity index is 3.02. The van der Waals surface area contributed by atoms with E-state index in [1.807, 2.05) is 0 Å². The van der Waals surface area contributed by atoms with Crippen molar-refractivity contribution in [3.63, 3.8) is 0 Å². The minimum Gasteiger partial charge on any atom is -0.379 e. The van der Waals surface area contributed by atoms with E-state index in [2.05, 4.69) is 19.2 Å². The molecule has 6 nitrogen and oxygen atoms in total. The van der Waals surface area contributed by atoms with Crippen LogP contribution in [0, 0.1) is 16.0 Å². The van der Waals surface area contributed by atoms with Crippen LogP contribution >= 0.6 is 0 Å². The molecular weight excluding hydrogens is 268 g/mol. The van der Waals surface area contributed by atoms with Gasteiger partial charge in [-0.15, -0.1) is 0 Å². The van der Waals surface area contributed by atoms with Crippen molar-refractivity contribution < 1.29 is 13.3 Å². The molecule has 0 bridgehead atoms. The fourth-order valence-corrected chi connectivity index (χ4v) is 2.18. The summed E-state index contributed by atoms with van der Waals surface area (Å²) < 4.78 is 22.8. The zero-order valence-electron chi connectivity index (χ0n) is 11.2. The summed E-state index contributed by atoms with van der Waals surface area (Å²) >= 11 is 0.